The van der Waals surface area contributed by atoms with Crippen LogP contribution in [0.25, 0.3) is 0 Å². The summed E-state index contributed by atoms with van der Waals surface area (Å²) in [5.74, 6) is 0.139. The fraction of sp³-hybridized carbons (Fsp3) is 0.583. The van der Waals surface area contributed by atoms with E-state index in [2.05, 4.69) is 5.32 Å². The van der Waals surface area contributed by atoms with Crippen LogP contribution in [0.15, 0.2) is 17.5 Å². The van der Waals surface area contributed by atoms with E-state index in [0.29, 0.717) is 17.8 Å². The van der Waals surface area contributed by atoms with Gasteiger partial charge in [0.15, 0.2) is 0 Å². The van der Waals surface area contributed by atoms with Gasteiger partial charge in [0.1, 0.15) is 0 Å². The normalized spacial score (nSPS) is 25.3. The van der Waals surface area contributed by atoms with Crippen LogP contribution in [0.1, 0.15) is 30.6 Å². The molecule has 0 bridgehead atoms. The van der Waals surface area contributed by atoms with Gasteiger partial charge in [0.05, 0.1) is 6.42 Å². The maximum atomic E-state index is 11.7. The number of hydrogen-bond acceptors (Lipinski definition) is 2. The third kappa shape index (κ3) is 3.49. The first-order valence-corrected chi connectivity index (χ1v) is 7.01. The van der Waals surface area contributed by atoms with Crippen molar-refractivity contribution in [2.75, 3.05) is 0 Å². The number of thiophene rings is 1. The molecule has 0 aromatic carbocycles. The number of alkyl halides is 1. The molecule has 2 nitrogen and oxygen atoms in total. The quantitative estimate of drug-likeness (QED) is 0.829. The van der Waals surface area contributed by atoms with E-state index in [1.165, 1.54) is 0 Å². The summed E-state index contributed by atoms with van der Waals surface area (Å²) >= 11 is 7.65. The van der Waals surface area contributed by atoms with Gasteiger partial charge in [0.25, 0.3) is 0 Å². The molecule has 1 heterocycles. The van der Waals surface area contributed by atoms with E-state index in [1.807, 2.05) is 17.5 Å². The molecule has 1 aliphatic rings. The largest absolute Gasteiger partial charge is 0.353 e. The summed E-state index contributed by atoms with van der Waals surface area (Å²) in [4.78, 5) is 12.9. The van der Waals surface area contributed by atoms with Crippen LogP contribution in [0.5, 0.6) is 0 Å². The zero-order valence-electron chi connectivity index (χ0n) is 9.12. The van der Waals surface area contributed by atoms with Crippen LogP contribution in [-0.2, 0) is 11.2 Å². The summed E-state index contributed by atoms with van der Waals surface area (Å²) in [7, 11) is 0. The third-order valence-corrected chi connectivity index (χ3v) is 4.25. The highest BCUT2D eigenvalue weighted by Gasteiger charge is 2.20. The van der Waals surface area contributed by atoms with Gasteiger partial charge in [-0.05, 0) is 37.1 Å². The van der Waals surface area contributed by atoms with Crippen molar-refractivity contribution in [2.45, 2.75) is 43.5 Å². The molecule has 16 heavy (non-hydrogen) atoms. The molecule has 88 valence electrons. The lowest BCUT2D eigenvalue weighted by molar-refractivity contribution is -0.121. The van der Waals surface area contributed by atoms with Crippen LogP contribution in [-0.4, -0.2) is 17.3 Å². The van der Waals surface area contributed by atoms with Crippen LogP contribution < -0.4 is 5.32 Å². The Morgan fingerprint density at radius 2 is 2.19 bits per heavy atom. The molecule has 2 rings (SSSR count). The molecule has 1 amide bonds. The zero-order valence-corrected chi connectivity index (χ0v) is 10.7. The van der Waals surface area contributed by atoms with Gasteiger partial charge in [0.2, 0.25) is 5.91 Å². The lowest BCUT2D eigenvalue weighted by Gasteiger charge is -2.25. The average molecular weight is 258 g/mol. The zero-order chi connectivity index (χ0) is 11.4. The van der Waals surface area contributed by atoms with E-state index in [9.17, 15) is 4.79 Å². The number of hydrogen-bond donors (Lipinski definition) is 1. The van der Waals surface area contributed by atoms with Crippen molar-refractivity contribution in [2.24, 2.45) is 0 Å². The van der Waals surface area contributed by atoms with Crippen molar-refractivity contribution in [3.8, 4) is 0 Å². The topological polar surface area (TPSA) is 29.1 Å². The van der Waals surface area contributed by atoms with E-state index in [0.717, 1.165) is 30.6 Å². The molecule has 0 saturated heterocycles. The van der Waals surface area contributed by atoms with Crippen LogP contribution in [0.3, 0.4) is 0 Å². The van der Waals surface area contributed by atoms with Crippen molar-refractivity contribution >= 4 is 28.8 Å². The number of halogens is 1. The molecule has 0 spiro atoms. The minimum Gasteiger partial charge on any atom is -0.353 e. The predicted octanol–water partition coefficient (Wildman–Crippen LogP) is 2.96. The fourth-order valence-corrected chi connectivity index (χ4v) is 3.00. The summed E-state index contributed by atoms with van der Waals surface area (Å²) < 4.78 is 0. The highest BCUT2D eigenvalue weighted by Crippen LogP contribution is 2.22. The smallest absolute Gasteiger partial charge is 0.225 e. The maximum absolute atomic E-state index is 11.7. The lowest BCUT2D eigenvalue weighted by atomic mass is 9.95. The Labute approximate surface area is 105 Å². The van der Waals surface area contributed by atoms with Crippen LogP contribution in [0.2, 0.25) is 0 Å². The van der Waals surface area contributed by atoms with Crippen LogP contribution in [0, 0.1) is 0 Å². The van der Waals surface area contributed by atoms with Gasteiger partial charge in [-0.15, -0.1) is 22.9 Å². The molecule has 1 aromatic rings. The van der Waals surface area contributed by atoms with Gasteiger partial charge in [-0.3, -0.25) is 4.79 Å². The molecule has 0 aliphatic heterocycles. The van der Waals surface area contributed by atoms with Gasteiger partial charge in [-0.1, -0.05) is 6.07 Å². The highest BCUT2D eigenvalue weighted by atomic mass is 35.5. The van der Waals surface area contributed by atoms with Gasteiger partial charge in [0, 0.05) is 16.3 Å². The molecule has 4 heteroatoms. The van der Waals surface area contributed by atoms with E-state index < -0.39 is 0 Å². The molecule has 1 saturated carbocycles. The molecule has 0 radical (unpaired) electrons. The molecular weight excluding hydrogens is 242 g/mol. The standard InChI is InChI=1S/C12H16ClNOS/c13-9-3-5-10(6-4-9)14-12(15)8-11-2-1-7-16-11/h1-2,7,9-10H,3-6,8H2,(H,14,15). The Balaban J connectivity index is 1.75. The molecular formula is C12H16ClNOS. The van der Waals surface area contributed by atoms with Crippen molar-refractivity contribution in [1.29, 1.82) is 0 Å². The van der Waals surface area contributed by atoms with E-state index in [1.54, 1.807) is 11.3 Å². The number of carbonyl (C=O) groups is 1. The SMILES string of the molecule is O=C(Cc1cccs1)NC1CCC(Cl)CC1. The summed E-state index contributed by atoms with van der Waals surface area (Å²) in [5, 5.41) is 5.40. The van der Waals surface area contributed by atoms with Gasteiger partial charge >= 0.3 is 0 Å². The predicted molar refractivity (Wildman–Crippen MR) is 68.1 cm³/mol. The summed E-state index contributed by atoms with van der Waals surface area (Å²) in [5.41, 5.74) is 0. The lowest BCUT2D eigenvalue weighted by Crippen LogP contribution is -2.38. The number of nitrogens with one attached hydrogen (secondary N) is 1. The second kappa shape index (κ2) is 5.69. The molecule has 1 N–H and O–H groups in total. The highest BCUT2D eigenvalue weighted by molar-refractivity contribution is 7.10. The monoisotopic (exact) mass is 257 g/mol. The molecule has 0 atom stereocenters. The Kier molecular flexibility index (Phi) is 4.24. The second-order valence-corrected chi connectivity index (χ2v) is 5.92. The number of amides is 1. The Hall–Kier alpha value is -0.540. The van der Waals surface area contributed by atoms with Crippen molar-refractivity contribution in [3.05, 3.63) is 22.4 Å². The Bertz CT molecular complexity index is 331. The first-order chi connectivity index (χ1) is 7.74. The molecule has 0 unspecified atom stereocenters. The van der Waals surface area contributed by atoms with E-state index in [4.69, 9.17) is 11.6 Å². The average Bonchev–Trinajstić information content (AvgIpc) is 2.74. The van der Waals surface area contributed by atoms with Crippen molar-refractivity contribution < 1.29 is 4.79 Å². The van der Waals surface area contributed by atoms with Crippen molar-refractivity contribution in [3.63, 3.8) is 0 Å². The first kappa shape index (κ1) is 11.9. The summed E-state index contributed by atoms with van der Waals surface area (Å²) in [6.45, 7) is 0. The maximum Gasteiger partial charge on any atom is 0.225 e. The molecule has 1 aromatic heterocycles. The fourth-order valence-electron chi connectivity index (χ4n) is 2.05. The minimum absolute atomic E-state index is 0.139. The van der Waals surface area contributed by atoms with Crippen molar-refractivity contribution in [1.82, 2.24) is 5.32 Å². The third-order valence-electron chi connectivity index (χ3n) is 2.94. The number of rotatable bonds is 3. The number of carbonyl (C=O) groups excluding carboxylic acids is 1. The Morgan fingerprint density at radius 3 is 2.81 bits per heavy atom. The molecule has 1 aliphatic carbocycles. The molecule has 1 fully saturated rings. The van der Waals surface area contributed by atoms with E-state index >= 15 is 0 Å². The van der Waals surface area contributed by atoms with Crippen LogP contribution in [0.4, 0.5) is 0 Å². The van der Waals surface area contributed by atoms with Gasteiger partial charge in [-0.2, -0.15) is 0 Å². The summed E-state index contributed by atoms with van der Waals surface area (Å²) in [6.07, 6.45) is 4.59. The first-order valence-electron chi connectivity index (χ1n) is 5.70. The van der Waals surface area contributed by atoms with Crippen LogP contribution >= 0.6 is 22.9 Å². The van der Waals surface area contributed by atoms with E-state index in [-0.39, 0.29) is 5.91 Å². The summed E-state index contributed by atoms with van der Waals surface area (Å²) in [6, 6.07) is 4.31. The second-order valence-electron chi connectivity index (χ2n) is 4.27. The van der Waals surface area contributed by atoms with Gasteiger partial charge in [-0.25, -0.2) is 0 Å². The van der Waals surface area contributed by atoms with Gasteiger partial charge < -0.3 is 5.32 Å². The minimum atomic E-state index is 0.139. The Morgan fingerprint density at radius 1 is 1.44 bits per heavy atom.